The largest absolute Gasteiger partial charge is 0.449 e. The Hall–Kier alpha value is -1.63. The highest BCUT2D eigenvalue weighted by atomic mass is 35.5. The van der Waals surface area contributed by atoms with Gasteiger partial charge in [0.2, 0.25) is 0 Å². The fourth-order valence-electron chi connectivity index (χ4n) is 2.48. The van der Waals surface area contributed by atoms with Crippen LogP contribution in [0, 0.1) is 5.92 Å². The van der Waals surface area contributed by atoms with Gasteiger partial charge >= 0.3 is 6.09 Å². The number of piperidine rings is 1. The zero-order valence-electron chi connectivity index (χ0n) is 12.5. The number of carbonyl (C=O) groups is 1. The number of thiazole rings is 1. The molecule has 1 aliphatic rings. The summed E-state index contributed by atoms with van der Waals surface area (Å²) in [6.07, 6.45) is 1.70. The van der Waals surface area contributed by atoms with Crippen LogP contribution in [0.1, 0.15) is 12.8 Å². The van der Waals surface area contributed by atoms with E-state index in [4.69, 9.17) is 16.3 Å². The van der Waals surface area contributed by atoms with Crippen LogP contribution in [-0.2, 0) is 4.74 Å². The maximum Gasteiger partial charge on any atom is 0.411 e. The average molecular weight is 352 g/mol. The molecule has 1 aliphatic heterocycles. The first-order valence-corrected chi connectivity index (χ1v) is 8.82. The first kappa shape index (κ1) is 16.2. The second-order valence-electron chi connectivity index (χ2n) is 5.47. The van der Waals surface area contributed by atoms with Gasteiger partial charge in [0.25, 0.3) is 0 Å². The Morgan fingerprint density at radius 2 is 2.09 bits per heavy atom. The number of anilines is 1. The Labute approximate surface area is 144 Å². The lowest BCUT2D eigenvalue weighted by atomic mass is 9.99. The van der Waals surface area contributed by atoms with E-state index in [1.54, 1.807) is 5.38 Å². The molecule has 1 fully saturated rings. The van der Waals surface area contributed by atoms with Crippen molar-refractivity contribution in [2.75, 3.05) is 25.0 Å². The molecular formula is C16H18ClN3O2S. The zero-order chi connectivity index (χ0) is 16.1. The van der Waals surface area contributed by atoms with Gasteiger partial charge in [-0.25, -0.2) is 9.78 Å². The zero-order valence-corrected chi connectivity index (χ0v) is 14.1. The maximum absolute atomic E-state index is 11.8. The van der Waals surface area contributed by atoms with Crippen molar-refractivity contribution < 1.29 is 9.53 Å². The number of nitrogens with one attached hydrogen (secondary N) is 2. The third kappa shape index (κ3) is 4.67. The number of rotatable bonds is 4. The number of amides is 1. The maximum atomic E-state index is 11.8. The second-order valence-corrected chi connectivity index (χ2v) is 6.71. The molecule has 2 heterocycles. The lowest BCUT2D eigenvalue weighted by Crippen LogP contribution is -2.31. The number of benzene rings is 1. The minimum Gasteiger partial charge on any atom is -0.449 e. The smallest absolute Gasteiger partial charge is 0.411 e. The normalized spacial score (nSPS) is 15.3. The van der Waals surface area contributed by atoms with Crippen LogP contribution in [0.2, 0.25) is 5.15 Å². The van der Waals surface area contributed by atoms with E-state index >= 15 is 0 Å². The van der Waals surface area contributed by atoms with Gasteiger partial charge in [-0.2, -0.15) is 0 Å². The molecule has 3 rings (SSSR count). The number of hydrogen-bond acceptors (Lipinski definition) is 5. The van der Waals surface area contributed by atoms with Gasteiger partial charge in [-0.05, 0) is 56.1 Å². The molecule has 0 radical (unpaired) electrons. The molecule has 1 saturated heterocycles. The number of halogens is 1. The summed E-state index contributed by atoms with van der Waals surface area (Å²) < 4.78 is 5.30. The molecule has 2 N–H and O–H groups in total. The van der Waals surface area contributed by atoms with Crippen LogP contribution in [0.3, 0.4) is 0 Å². The summed E-state index contributed by atoms with van der Waals surface area (Å²) in [4.78, 5) is 16.1. The summed E-state index contributed by atoms with van der Waals surface area (Å²) in [7, 11) is 0. The minimum atomic E-state index is -0.409. The van der Waals surface area contributed by atoms with Crippen LogP contribution in [0.5, 0.6) is 0 Å². The molecule has 1 aromatic carbocycles. The van der Waals surface area contributed by atoms with E-state index in [1.807, 2.05) is 24.3 Å². The lowest BCUT2D eigenvalue weighted by Gasteiger charge is -2.22. The van der Waals surface area contributed by atoms with Gasteiger partial charge in [0.05, 0.1) is 6.61 Å². The van der Waals surface area contributed by atoms with Crippen molar-refractivity contribution >= 4 is 34.7 Å². The van der Waals surface area contributed by atoms with E-state index in [1.165, 1.54) is 11.3 Å². The Morgan fingerprint density at radius 3 is 2.74 bits per heavy atom. The van der Waals surface area contributed by atoms with Gasteiger partial charge in [0, 0.05) is 16.6 Å². The van der Waals surface area contributed by atoms with Crippen LogP contribution in [0.25, 0.3) is 10.6 Å². The fraction of sp³-hybridized carbons (Fsp3) is 0.375. The number of hydrogen-bond donors (Lipinski definition) is 2. The number of aromatic nitrogens is 1. The topological polar surface area (TPSA) is 63.2 Å². The van der Waals surface area contributed by atoms with E-state index in [2.05, 4.69) is 15.6 Å². The summed E-state index contributed by atoms with van der Waals surface area (Å²) in [5.41, 5.74) is 1.67. The van der Waals surface area contributed by atoms with E-state index in [9.17, 15) is 4.79 Å². The van der Waals surface area contributed by atoms with Gasteiger partial charge in [-0.15, -0.1) is 11.3 Å². The third-order valence-corrected chi connectivity index (χ3v) is 4.98. The Bertz CT molecular complexity index is 654. The van der Waals surface area contributed by atoms with Crippen molar-refractivity contribution in [1.29, 1.82) is 0 Å². The predicted octanol–water partition coefficient (Wildman–Crippen LogP) is 4.01. The minimum absolute atomic E-state index is 0.409. The van der Waals surface area contributed by atoms with Gasteiger partial charge < -0.3 is 10.1 Å². The van der Waals surface area contributed by atoms with E-state index in [0.717, 1.165) is 36.5 Å². The monoisotopic (exact) mass is 351 g/mol. The number of carbonyl (C=O) groups excluding carboxylic acids is 1. The van der Waals surface area contributed by atoms with Gasteiger partial charge in [-0.1, -0.05) is 11.6 Å². The van der Waals surface area contributed by atoms with Crippen LogP contribution in [0.15, 0.2) is 29.6 Å². The van der Waals surface area contributed by atoms with Crippen LogP contribution in [-0.4, -0.2) is 30.8 Å². The number of ether oxygens (including phenoxy) is 1. The van der Waals surface area contributed by atoms with E-state index in [-0.39, 0.29) is 0 Å². The Balaban J connectivity index is 1.50. The van der Waals surface area contributed by atoms with Gasteiger partial charge in [0.15, 0.2) is 0 Å². The number of nitrogens with zero attached hydrogens (tertiary/aromatic N) is 1. The van der Waals surface area contributed by atoms with Crippen molar-refractivity contribution in [2.24, 2.45) is 5.92 Å². The molecule has 1 aromatic heterocycles. The lowest BCUT2D eigenvalue weighted by molar-refractivity contribution is 0.131. The van der Waals surface area contributed by atoms with Crippen molar-refractivity contribution in [1.82, 2.24) is 10.3 Å². The highest BCUT2D eigenvalue weighted by Gasteiger charge is 2.15. The molecule has 0 atom stereocenters. The molecule has 0 spiro atoms. The standard InChI is InChI=1S/C16H18ClN3O2S/c17-14-10-23-15(20-14)12-1-3-13(4-2-12)19-16(21)22-9-11-5-7-18-8-6-11/h1-4,10-11,18H,5-9H2,(H,19,21). The fourth-order valence-corrected chi connectivity index (χ4v) is 3.43. The molecule has 0 aliphatic carbocycles. The molecule has 0 bridgehead atoms. The molecule has 23 heavy (non-hydrogen) atoms. The predicted molar refractivity (Wildman–Crippen MR) is 93.1 cm³/mol. The molecule has 2 aromatic rings. The van der Waals surface area contributed by atoms with E-state index < -0.39 is 6.09 Å². The highest BCUT2D eigenvalue weighted by molar-refractivity contribution is 7.13. The van der Waals surface area contributed by atoms with Gasteiger partial charge in [0.1, 0.15) is 10.2 Å². The Kier molecular flexibility index (Phi) is 5.48. The van der Waals surface area contributed by atoms with Crippen LogP contribution in [0.4, 0.5) is 10.5 Å². The third-order valence-electron chi connectivity index (χ3n) is 3.76. The van der Waals surface area contributed by atoms with Crippen molar-refractivity contribution in [3.05, 3.63) is 34.8 Å². The van der Waals surface area contributed by atoms with Crippen molar-refractivity contribution in [2.45, 2.75) is 12.8 Å². The molecule has 0 unspecified atom stereocenters. The highest BCUT2D eigenvalue weighted by Crippen LogP contribution is 2.26. The van der Waals surface area contributed by atoms with E-state index in [0.29, 0.717) is 23.4 Å². The average Bonchev–Trinajstić information content (AvgIpc) is 3.01. The van der Waals surface area contributed by atoms with Gasteiger partial charge in [-0.3, -0.25) is 5.32 Å². The molecule has 1 amide bonds. The summed E-state index contributed by atoms with van der Waals surface area (Å²) >= 11 is 7.32. The quantitative estimate of drug-likeness (QED) is 0.873. The summed E-state index contributed by atoms with van der Waals surface area (Å²) in [5, 5.41) is 9.18. The SMILES string of the molecule is O=C(Nc1ccc(-c2nc(Cl)cs2)cc1)OCC1CCNCC1. The molecule has 0 saturated carbocycles. The van der Waals surface area contributed by atoms with Crippen LogP contribution < -0.4 is 10.6 Å². The first-order valence-electron chi connectivity index (χ1n) is 7.56. The molecular weight excluding hydrogens is 334 g/mol. The van der Waals surface area contributed by atoms with Crippen LogP contribution >= 0.6 is 22.9 Å². The summed E-state index contributed by atoms with van der Waals surface area (Å²) in [6, 6.07) is 7.46. The first-order chi connectivity index (χ1) is 11.2. The summed E-state index contributed by atoms with van der Waals surface area (Å²) in [5.74, 6) is 0.457. The second kappa shape index (κ2) is 7.77. The summed E-state index contributed by atoms with van der Waals surface area (Å²) in [6.45, 7) is 2.47. The molecule has 122 valence electrons. The molecule has 7 heteroatoms. The van der Waals surface area contributed by atoms with Crippen molar-refractivity contribution in [3.8, 4) is 10.6 Å². The van der Waals surface area contributed by atoms with Crippen molar-refractivity contribution in [3.63, 3.8) is 0 Å². The molecule has 5 nitrogen and oxygen atoms in total. The Morgan fingerprint density at radius 1 is 1.35 bits per heavy atom.